The number of hydrogen-bond acceptors (Lipinski definition) is 3. The summed E-state index contributed by atoms with van der Waals surface area (Å²) in [5.41, 5.74) is 0.588. The second-order valence-corrected chi connectivity index (χ2v) is 5.69. The van der Waals surface area contributed by atoms with E-state index >= 15 is 0 Å². The van der Waals surface area contributed by atoms with E-state index < -0.39 is 5.54 Å². The number of rotatable bonds is 3. The summed E-state index contributed by atoms with van der Waals surface area (Å²) < 4.78 is 0. The lowest BCUT2D eigenvalue weighted by atomic mass is 9.85. The Morgan fingerprint density at radius 2 is 1.95 bits per heavy atom. The van der Waals surface area contributed by atoms with Crippen molar-refractivity contribution in [1.29, 1.82) is 0 Å². The van der Waals surface area contributed by atoms with Crippen LogP contribution < -0.4 is 0 Å². The molecule has 1 saturated carbocycles. The van der Waals surface area contributed by atoms with Gasteiger partial charge in [-0.25, -0.2) is 0 Å². The Hall–Kier alpha value is -1.97. The number of nitrogens with zero attached hydrogens (tertiary/aromatic N) is 1. The number of carbonyl (C=O) groups is 1. The third kappa shape index (κ3) is 2.05. The highest BCUT2D eigenvalue weighted by atomic mass is 16.6. The molecule has 0 N–H and O–H groups in total. The van der Waals surface area contributed by atoms with Crippen molar-refractivity contribution in [1.82, 2.24) is 0 Å². The van der Waals surface area contributed by atoms with Crippen LogP contribution in [0.25, 0.3) is 5.57 Å². The molecule has 0 heterocycles. The summed E-state index contributed by atoms with van der Waals surface area (Å²) in [6.45, 7) is 0. The topological polar surface area (TPSA) is 60.2 Å². The van der Waals surface area contributed by atoms with E-state index in [9.17, 15) is 14.9 Å². The maximum Gasteiger partial charge on any atom is 0.269 e. The minimum atomic E-state index is -1.10. The van der Waals surface area contributed by atoms with Gasteiger partial charge in [0.15, 0.2) is 0 Å². The van der Waals surface area contributed by atoms with Gasteiger partial charge in [-0.15, -0.1) is 0 Å². The van der Waals surface area contributed by atoms with Gasteiger partial charge in [-0.2, -0.15) is 0 Å². The fourth-order valence-electron chi connectivity index (χ4n) is 3.32. The number of nitro groups is 1. The Morgan fingerprint density at radius 1 is 1.20 bits per heavy atom. The molecule has 1 aromatic rings. The molecule has 0 saturated heterocycles. The predicted molar refractivity (Wildman–Crippen MR) is 75.7 cm³/mol. The van der Waals surface area contributed by atoms with Gasteiger partial charge in [0.2, 0.25) is 0 Å². The van der Waals surface area contributed by atoms with Crippen molar-refractivity contribution in [2.75, 3.05) is 0 Å². The largest absolute Gasteiger partial charge is 0.300 e. The standard InChI is InChI=1S/C16H17NO3/c18-14-9-5-4-8-13(10-14)16(17(19)20)11-15(16)12-6-2-1-3-7-12/h1-3,6-7,11,13H,4-5,8-10H2/t13-,16+/m1/s1. The lowest BCUT2D eigenvalue weighted by Gasteiger charge is -2.20. The minimum absolute atomic E-state index is 0.168. The van der Waals surface area contributed by atoms with Gasteiger partial charge in [-0.1, -0.05) is 36.8 Å². The van der Waals surface area contributed by atoms with E-state index in [1.807, 2.05) is 30.3 Å². The minimum Gasteiger partial charge on any atom is -0.300 e. The van der Waals surface area contributed by atoms with Crippen molar-refractivity contribution in [3.05, 3.63) is 52.1 Å². The van der Waals surface area contributed by atoms with E-state index in [0.29, 0.717) is 12.8 Å². The Labute approximate surface area is 117 Å². The van der Waals surface area contributed by atoms with Crippen LogP contribution in [0, 0.1) is 16.0 Å². The summed E-state index contributed by atoms with van der Waals surface area (Å²) >= 11 is 0. The van der Waals surface area contributed by atoms with Gasteiger partial charge < -0.3 is 0 Å². The number of carbonyl (C=O) groups excluding carboxylic acids is 1. The van der Waals surface area contributed by atoms with E-state index in [-0.39, 0.29) is 16.6 Å². The number of hydrogen-bond donors (Lipinski definition) is 0. The Kier molecular flexibility index (Phi) is 3.16. The zero-order chi connectivity index (χ0) is 14.2. The molecule has 2 aliphatic carbocycles. The summed E-state index contributed by atoms with van der Waals surface area (Å²) in [6.07, 6.45) is 5.19. The lowest BCUT2D eigenvalue weighted by molar-refractivity contribution is -0.536. The van der Waals surface area contributed by atoms with E-state index in [1.165, 1.54) is 0 Å². The van der Waals surface area contributed by atoms with Gasteiger partial charge in [-0.3, -0.25) is 14.9 Å². The third-order valence-electron chi connectivity index (χ3n) is 4.45. The van der Waals surface area contributed by atoms with Gasteiger partial charge in [-0.05, 0) is 18.4 Å². The number of Topliss-reactive ketones (excluding diaryl/α,β-unsaturated/α-hetero) is 1. The monoisotopic (exact) mass is 271 g/mol. The molecule has 4 nitrogen and oxygen atoms in total. The van der Waals surface area contributed by atoms with Gasteiger partial charge in [0, 0.05) is 35.3 Å². The first-order valence-electron chi connectivity index (χ1n) is 7.09. The van der Waals surface area contributed by atoms with Crippen LogP contribution in [0.15, 0.2) is 36.4 Å². The van der Waals surface area contributed by atoms with Crippen LogP contribution >= 0.6 is 0 Å². The number of benzene rings is 1. The second kappa shape index (κ2) is 4.85. The van der Waals surface area contributed by atoms with Crippen molar-refractivity contribution in [2.45, 2.75) is 37.6 Å². The van der Waals surface area contributed by atoms with Gasteiger partial charge >= 0.3 is 0 Å². The molecular weight excluding hydrogens is 254 g/mol. The highest BCUT2D eigenvalue weighted by Crippen LogP contribution is 2.53. The molecule has 20 heavy (non-hydrogen) atoms. The average molecular weight is 271 g/mol. The first-order valence-corrected chi connectivity index (χ1v) is 7.09. The molecule has 1 aromatic carbocycles. The number of ketones is 1. The molecule has 1 fully saturated rings. The van der Waals surface area contributed by atoms with Crippen LogP contribution in [0.5, 0.6) is 0 Å². The first-order chi connectivity index (χ1) is 9.64. The fourth-order valence-corrected chi connectivity index (χ4v) is 3.32. The maximum absolute atomic E-state index is 11.8. The first kappa shape index (κ1) is 13.0. The molecule has 0 bridgehead atoms. The molecule has 0 aliphatic heterocycles. The summed E-state index contributed by atoms with van der Waals surface area (Å²) in [5, 5.41) is 11.6. The average Bonchev–Trinajstić information content (AvgIpc) is 3.21. The van der Waals surface area contributed by atoms with Crippen molar-refractivity contribution in [3.8, 4) is 0 Å². The van der Waals surface area contributed by atoms with Crippen LogP contribution in [-0.4, -0.2) is 16.2 Å². The molecule has 4 heteroatoms. The highest BCUT2D eigenvalue weighted by molar-refractivity contribution is 5.89. The predicted octanol–water partition coefficient (Wildman–Crippen LogP) is 3.25. The summed E-state index contributed by atoms with van der Waals surface area (Å²) in [4.78, 5) is 23.2. The van der Waals surface area contributed by atoms with E-state index in [2.05, 4.69) is 0 Å². The zero-order valence-electron chi connectivity index (χ0n) is 11.2. The normalized spacial score (nSPS) is 29.5. The molecule has 0 amide bonds. The Morgan fingerprint density at radius 3 is 2.65 bits per heavy atom. The van der Waals surface area contributed by atoms with Crippen LogP contribution in [0.1, 0.15) is 37.7 Å². The van der Waals surface area contributed by atoms with Crippen molar-refractivity contribution < 1.29 is 9.72 Å². The molecule has 0 unspecified atom stereocenters. The fraction of sp³-hybridized carbons (Fsp3) is 0.438. The van der Waals surface area contributed by atoms with Crippen LogP contribution in [0.4, 0.5) is 0 Å². The van der Waals surface area contributed by atoms with E-state index in [1.54, 1.807) is 6.08 Å². The quantitative estimate of drug-likeness (QED) is 0.481. The van der Waals surface area contributed by atoms with Crippen LogP contribution in [0.2, 0.25) is 0 Å². The Bertz CT molecular complexity index is 579. The summed E-state index contributed by atoms with van der Waals surface area (Å²) in [6, 6.07) is 9.47. The summed E-state index contributed by atoms with van der Waals surface area (Å²) in [5.74, 6) is -0.0101. The molecular formula is C16H17NO3. The zero-order valence-corrected chi connectivity index (χ0v) is 11.2. The van der Waals surface area contributed by atoms with E-state index in [0.717, 1.165) is 30.4 Å². The lowest BCUT2D eigenvalue weighted by Crippen LogP contribution is -2.35. The van der Waals surface area contributed by atoms with E-state index in [4.69, 9.17) is 0 Å². The molecule has 2 atom stereocenters. The second-order valence-electron chi connectivity index (χ2n) is 5.69. The SMILES string of the molecule is O=C1CCCC[C@@H]([C@@]2([N+](=O)[O-])C=C2c2ccccc2)C1. The van der Waals surface area contributed by atoms with Crippen molar-refractivity contribution in [3.63, 3.8) is 0 Å². The van der Waals surface area contributed by atoms with Crippen molar-refractivity contribution in [2.24, 2.45) is 5.92 Å². The third-order valence-corrected chi connectivity index (χ3v) is 4.45. The van der Waals surface area contributed by atoms with Gasteiger partial charge in [0.25, 0.3) is 5.54 Å². The van der Waals surface area contributed by atoms with Crippen LogP contribution in [0.3, 0.4) is 0 Å². The molecule has 3 rings (SSSR count). The molecule has 0 spiro atoms. The summed E-state index contributed by atoms with van der Waals surface area (Å²) in [7, 11) is 0. The van der Waals surface area contributed by atoms with Gasteiger partial charge in [0.05, 0.1) is 0 Å². The maximum atomic E-state index is 11.8. The Balaban J connectivity index is 1.88. The molecule has 2 aliphatic rings. The van der Waals surface area contributed by atoms with Crippen LogP contribution in [-0.2, 0) is 4.79 Å². The van der Waals surface area contributed by atoms with Gasteiger partial charge in [0.1, 0.15) is 5.78 Å². The highest BCUT2D eigenvalue weighted by Gasteiger charge is 2.62. The molecule has 0 aromatic heterocycles. The smallest absolute Gasteiger partial charge is 0.269 e. The van der Waals surface area contributed by atoms with Crippen molar-refractivity contribution >= 4 is 11.4 Å². The molecule has 104 valence electrons. The molecule has 0 radical (unpaired) electrons.